The molecule has 1 aromatic heterocycles. The fourth-order valence-electron chi connectivity index (χ4n) is 3.57. The molecule has 0 atom stereocenters. The van der Waals surface area contributed by atoms with Crippen LogP contribution in [0.25, 0.3) is 10.9 Å². The minimum Gasteiger partial charge on any atom is -0.497 e. The zero-order chi connectivity index (χ0) is 21.6. The fourth-order valence-corrected chi connectivity index (χ4v) is 4.74. The highest BCUT2D eigenvalue weighted by atomic mass is 32.2. The van der Waals surface area contributed by atoms with E-state index >= 15 is 0 Å². The van der Waals surface area contributed by atoms with Crippen molar-refractivity contribution in [3.63, 3.8) is 0 Å². The summed E-state index contributed by atoms with van der Waals surface area (Å²) in [6.07, 6.45) is 2.20. The molecule has 3 aromatic carbocycles. The highest BCUT2D eigenvalue weighted by molar-refractivity contribution is 7.98. The maximum absolute atomic E-state index is 12.4. The Morgan fingerprint density at radius 2 is 1.74 bits per heavy atom. The number of methoxy groups -OCH3 is 1. The molecule has 1 N–H and O–H groups in total. The first-order valence-electron chi connectivity index (χ1n) is 10.3. The highest BCUT2D eigenvalue weighted by Crippen LogP contribution is 2.32. The van der Waals surface area contributed by atoms with E-state index in [1.165, 1.54) is 26.9 Å². The average molecular weight is 431 g/mol. The molecule has 0 saturated heterocycles. The third-order valence-electron chi connectivity index (χ3n) is 5.39. The first-order chi connectivity index (χ1) is 15.2. The van der Waals surface area contributed by atoms with Crippen LogP contribution in [0.1, 0.15) is 21.5 Å². The smallest absolute Gasteiger partial charge is 0.251 e. The van der Waals surface area contributed by atoms with Crippen molar-refractivity contribution in [2.24, 2.45) is 0 Å². The Labute approximate surface area is 187 Å². The summed E-state index contributed by atoms with van der Waals surface area (Å²) >= 11 is 1.86. The summed E-state index contributed by atoms with van der Waals surface area (Å²) in [5, 5.41) is 4.27. The average Bonchev–Trinajstić information content (AvgIpc) is 3.16. The highest BCUT2D eigenvalue weighted by Gasteiger charge is 2.10. The molecule has 31 heavy (non-hydrogen) atoms. The summed E-state index contributed by atoms with van der Waals surface area (Å²) in [6.45, 7) is 3.43. The molecular weight excluding hydrogens is 404 g/mol. The number of thioether (sulfide) groups is 1. The predicted octanol–water partition coefficient (Wildman–Crippen LogP) is 5.68. The monoisotopic (exact) mass is 430 g/mol. The van der Waals surface area contributed by atoms with Crippen molar-refractivity contribution in [3.8, 4) is 5.75 Å². The van der Waals surface area contributed by atoms with E-state index in [9.17, 15) is 4.79 Å². The van der Waals surface area contributed by atoms with Crippen LogP contribution in [0.3, 0.4) is 0 Å². The van der Waals surface area contributed by atoms with Crippen molar-refractivity contribution < 1.29 is 9.53 Å². The number of fused-ring (bicyclic) bond motifs is 1. The lowest BCUT2D eigenvalue weighted by molar-refractivity contribution is 0.0952. The number of carbonyl (C=O) groups is 1. The van der Waals surface area contributed by atoms with E-state index in [2.05, 4.69) is 71.5 Å². The van der Waals surface area contributed by atoms with Gasteiger partial charge < -0.3 is 14.6 Å². The minimum absolute atomic E-state index is 0.0757. The SMILES string of the molecule is COc1ccc(C(=O)NCCn2cc(SCc3ccccc3C)c3ccccc32)cc1. The van der Waals surface area contributed by atoms with Crippen molar-refractivity contribution in [2.75, 3.05) is 13.7 Å². The number of hydrogen-bond acceptors (Lipinski definition) is 3. The molecule has 0 radical (unpaired) electrons. The fraction of sp³-hybridized carbons (Fsp3) is 0.192. The van der Waals surface area contributed by atoms with Gasteiger partial charge in [-0.2, -0.15) is 0 Å². The van der Waals surface area contributed by atoms with Gasteiger partial charge in [0, 0.05) is 46.4 Å². The minimum atomic E-state index is -0.0757. The third-order valence-corrected chi connectivity index (χ3v) is 6.48. The molecule has 1 heterocycles. The molecule has 0 aliphatic carbocycles. The molecular formula is C26H26N2O2S. The lowest BCUT2D eigenvalue weighted by Gasteiger charge is -2.08. The van der Waals surface area contributed by atoms with Gasteiger partial charge in [0.1, 0.15) is 5.75 Å². The zero-order valence-corrected chi connectivity index (χ0v) is 18.6. The van der Waals surface area contributed by atoms with Gasteiger partial charge in [0.05, 0.1) is 7.11 Å². The molecule has 0 aliphatic heterocycles. The summed E-state index contributed by atoms with van der Waals surface area (Å²) < 4.78 is 7.37. The topological polar surface area (TPSA) is 43.3 Å². The van der Waals surface area contributed by atoms with Crippen molar-refractivity contribution in [1.29, 1.82) is 0 Å². The lowest BCUT2D eigenvalue weighted by Crippen LogP contribution is -2.27. The van der Waals surface area contributed by atoms with Crippen LogP contribution >= 0.6 is 11.8 Å². The van der Waals surface area contributed by atoms with Crippen LogP contribution in [-0.2, 0) is 12.3 Å². The molecule has 0 aliphatic rings. The Kier molecular flexibility index (Phi) is 6.63. The Balaban J connectivity index is 1.43. The van der Waals surface area contributed by atoms with E-state index in [-0.39, 0.29) is 5.91 Å². The number of hydrogen-bond donors (Lipinski definition) is 1. The maximum atomic E-state index is 12.4. The molecule has 0 fully saturated rings. The second-order valence-electron chi connectivity index (χ2n) is 7.40. The summed E-state index contributed by atoms with van der Waals surface area (Å²) in [4.78, 5) is 13.7. The Morgan fingerprint density at radius 3 is 2.52 bits per heavy atom. The maximum Gasteiger partial charge on any atom is 0.251 e. The van der Waals surface area contributed by atoms with Gasteiger partial charge in [-0.05, 0) is 48.4 Å². The molecule has 5 heteroatoms. The van der Waals surface area contributed by atoms with Gasteiger partial charge in [-0.3, -0.25) is 4.79 Å². The Hall–Kier alpha value is -3.18. The number of carbonyl (C=O) groups excluding carboxylic acids is 1. The zero-order valence-electron chi connectivity index (χ0n) is 17.8. The van der Waals surface area contributed by atoms with Gasteiger partial charge in [-0.1, -0.05) is 42.5 Å². The van der Waals surface area contributed by atoms with E-state index in [1.54, 1.807) is 31.4 Å². The quantitative estimate of drug-likeness (QED) is 0.366. The molecule has 0 saturated carbocycles. The molecule has 0 spiro atoms. The van der Waals surface area contributed by atoms with Crippen molar-refractivity contribution >= 4 is 28.6 Å². The third kappa shape index (κ3) is 4.94. The number of amides is 1. The molecule has 4 rings (SSSR count). The van der Waals surface area contributed by atoms with Crippen molar-refractivity contribution in [1.82, 2.24) is 9.88 Å². The molecule has 0 bridgehead atoms. The van der Waals surface area contributed by atoms with E-state index < -0.39 is 0 Å². The number of para-hydroxylation sites is 1. The van der Waals surface area contributed by atoms with E-state index in [0.717, 1.165) is 11.5 Å². The summed E-state index contributed by atoms with van der Waals surface area (Å²) in [5.41, 5.74) is 4.50. The summed E-state index contributed by atoms with van der Waals surface area (Å²) in [5.74, 6) is 1.61. The van der Waals surface area contributed by atoms with Gasteiger partial charge in [-0.15, -0.1) is 11.8 Å². The molecule has 4 aromatic rings. The molecule has 0 unspecified atom stereocenters. The van der Waals surface area contributed by atoms with Crippen LogP contribution in [0.5, 0.6) is 5.75 Å². The van der Waals surface area contributed by atoms with Crippen LogP contribution in [0.4, 0.5) is 0 Å². The van der Waals surface area contributed by atoms with Crippen LogP contribution in [-0.4, -0.2) is 24.1 Å². The van der Waals surface area contributed by atoms with Crippen molar-refractivity contribution in [3.05, 3.63) is 95.7 Å². The second kappa shape index (κ2) is 9.75. The predicted molar refractivity (Wildman–Crippen MR) is 128 cm³/mol. The van der Waals surface area contributed by atoms with Crippen LogP contribution in [0, 0.1) is 6.92 Å². The molecule has 1 amide bonds. The van der Waals surface area contributed by atoms with Gasteiger partial charge >= 0.3 is 0 Å². The first-order valence-corrected chi connectivity index (χ1v) is 11.3. The second-order valence-corrected chi connectivity index (χ2v) is 8.42. The van der Waals surface area contributed by atoms with Crippen LogP contribution in [0.2, 0.25) is 0 Å². The van der Waals surface area contributed by atoms with E-state index in [1.807, 2.05) is 11.8 Å². The first kappa shape index (κ1) is 21.1. The number of aromatic nitrogens is 1. The normalized spacial score (nSPS) is 10.9. The van der Waals surface area contributed by atoms with Crippen molar-refractivity contribution in [2.45, 2.75) is 24.1 Å². The summed E-state index contributed by atoms with van der Waals surface area (Å²) in [7, 11) is 1.62. The van der Waals surface area contributed by atoms with Gasteiger partial charge in [-0.25, -0.2) is 0 Å². The number of aryl methyl sites for hydroxylation is 1. The van der Waals surface area contributed by atoms with E-state index in [4.69, 9.17) is 4.74 Å². The lowest BCUT2D eigenvalue weighted by atomic mass is 10.1. The largest absolute Gasteiger partial charge is 0.497 e. The Bertz CT molecular complexity index is 1180. The molecule has 4 nitrogen and oxygen atoms in total. The number of nitrogens with one attached hydrogen (secondary N) is 1. The van der Waals surface area contributed by atoms with Gasteiger partial charge in [0.2, 0.25) is 0 Å². The number of ether oxygens (including phenoxy) is 1. The number of rotatable bonds is 8. The Morgan fingerprint density at radius 1 is 1.00 bits per heavy atom. The standard InChI is InChI=1S/C26H26N2O2S/c1-19-7-3-4-8-21(19)18-31-25-17-28(24-10-6-5-9-23(24)25)16-15-27-26(29)20-11-13-22(30-2)14-12-20/h3-14,17H,15-16,18H2,1-2H3,(H,27,29). The van der Waals surface area contributed by atoms with E-state index in [0.29, 0.717) is 18.7 Å². The number of benzene rings is 3. The van der Waals surface area contributed by atoms with Gasteiger partial charge in [0.15, 0.2) is 0 Å². The summed E-state index contributed by atoms with van der Waals surface area (Å²) in [6, 6.07) is 24.1. The van der Waals surface area contributed by atoms with Crippen LogP contribution < -0.4 is 10.1 Å². The van der Waals surface area contributed by atoms with Gasteiger partial charge in [0.25, 0.3) is 5.91 Å². The number of nitrogens with zero attached hydrogens (tertiary/aromatic N) is 1. The molecule has 158 valence electrons. The van der Waals surface area contributed by atoms with Crippen LogP contribution in [0.15, 0.2) is 83.9 Å².